The fourth-order valence-corrected chi connectivity index (χ4v) is 6.56. The third-order valence-electron chi connectivity index (χ3n) is 9.85. The second kappa shape index (κ2) is 16.1. The third kappa shape index (κ3) is 8.86. The van der Waals surface area contributed by atoms with Gasteiger partial charge in [-0.15, -0.1) is 0 Å². The molecule has 3 heterocycles. The molecule has 2 bridgehead atoms. The van der Waals surface area contributed by atoms with Crippen LogP contribution in [0.3, 0.4) is 0 Å². The molecule has 48 heavy (non-hydrogen) atoms. The van der Waals surface area contributed by atoms with Crippen molar-refractivity contribution >= 4 is 35.9 Å². The van der Waals surface area contributed by atoms with E-state index in [1.807, 2.05) is 26.8 Å². The number of fused-ring (bicyclic) bond motifs is 4. The number of esters is 1. The van der Waals surface area contributed by atoms with Gasteiger partial charge in [0.05, 0.1) is 18.8 Å². The first-order valence-corrected chi connectivity index (χ1v) is 16.5. The zero-order valence-electron chi connectivity index (χ0n) is 30.0. The summed E-state index contributed by atoms with van der Waals surface area (Å²) in [5.41, 5.74) is -0.441. The monoisotopic (exact) mass is 671 g/mol. The van der Waals surface area contributed by atoms with Gasteiger partial charge in [-0.2, -0.15) is 5.10 Å². The molecule has 1 amide bonds. The molecule has 0 fully saturated rings. The summed E-state index contributed by atoms with van der Waals surface area (Å²) in [5.74, 6) is -3.00. The molecule has 2 N–H and O–H groups in total. The number of carbonyl (C=O) groups is 3. The Morgan fingerprint density at radius 1 is 1.21 bits per heavy atom. The van der Waals surface area contributed by atoms with E-state index in [4.69, 9.17) is 19.0 Å². The number of carbonyl (C=O) groups excluding carboxylic acids is 3. The van der Waals surface area contributed by atoms with E-state index >= 15 is 0 Å². The summed E-state index contributed by atoms with van der Waals surface area (Å²) in [5, 5.41) is 24.9. The molecular weight excluding hydrogens is 618 g/mol. The number of nitrogens with zero attached hydrogens (tertiary/aromatic N) is 4. The summed E-state index contributed by atoms with van der Waals surface area (Å²) < 4.78 is 19.0. The Morgan fingerprint density at radius 2 is 1.90 bits per heavy atom. The number of rotatable bonds is 7. The van der Waals surface area contributed by atoms with Crippen molar-refractivity contribution in [1.29, 1.82) is 0 Å². The minimum absolute atomic E-state index is 0.00692. The zero-order chi connectivity index (χ0) is 36.0. The van der Waals surface area contributed by atoms with Crippen LogP contribution < -0.4 is 10.3 Å². The number of pyridine rings is 1. The zero-order valence-corrected chi connectivity index (χ0v) is 30.0. The Labute approximate surface area is 284 Å². The number of oxime groups is 1. The van der Waals surface area contributed by atoms with Crippen molar-refractivity contribution in [3.05, 3.63) is 35.2 Å². The molecule has 2 aliphatic rings. The number of hydrogen-bond acceptors (Lipinski definition) is 12. The van der Waals surface area contributed by atoms with Crippen LogP contribution in [0, 0.1) is 23.7 Å². The van der Waals surface area contributed by atoms with Gasteiger partial charge in [0, 0.05) is 44.1 Å². The summed E-state index contributed by atoms with van der Waals surface area (Å²) in [4.78, 5) is 49.7. The van der Waals surface area contributed by atoms with Gasteiger partial charge in [-0.3, -0.25) is 19.4 Å². The number of hydrazone groups is 1. The molecule has 8 atom stereocenters. The number of nitrogens with one attached hydrogen (secondary N) is 1. The average molecular weight is 672 g/mol. The Morgan fingerprint density at radius 3 is 2.48 bits per heavy atom. The van der Waals surface area contributed by atoms with E-state index in [-0.39, 0.29) is 49.8 Å². The molecule has 0 radical (unpaired) electrons. The lowest BCUT2D eigenvalue weighted by Gasteiger charge is -2.42. The van der Waals surface area contributed by atoms with Crippen molar-refractivity contribution in [2.75, 3.05) is 25.3 Å². The normalized spacial score (nSPS) is 33.2. The van der Waals surface area contributed by atoms with Crippen LogP contribution in [0.15, 0.2) is 39.9 Å². The molecule has 0 unspecified atom stereocenters. The van der Waals surface area contributed by atoms with E-state index in [9.17, 15) is 19.5 Å². The van der Waals surface area contributed by atoms with Crippen LogP contribution >= 0.6 is 0 Å². The van der Waals surface area contributed by atoms with Crippen molar-refractivity contribution in [3.8, 4) is 0 Å². The molecular formula is C35H53N5O8. The summed E-state index contributed by atoms with van der Waals surface area (Å²) >= 11 is 0. The second-order valence-electron chi connectivity index (χ2n) is 13.6. The number of amides is 1. The fourth-order valence-electron chi connectivity index (χ4n) is 6.56. The Balaban J connectivity index is 2.16. The number of Topliss-reactive ketones (excluding diaryl/α,β-unsaturated/α-hetero) is 1. The van der Waals surface area contributed by atoms with Gasteiger partial charge >= 0.3 is 5.97 Å². The number of allylic oxidation sites excluding steroid dienone is 1. The Kier molecular flexibility index (Phi) is 13.0. The molecule has 0 saturated heterocycles. The largest absolute Gasteiger partial charge is 0.459 e. The van der Waals surface area contributed by atoms with E-state index in [1.54, 1.807) is 45.1 Å². The number of aliphatic hydroxyl groups is 1. The van der Waals surface area contributed by atoms with Crippen molar-refractivity contribution in [1.82, 2.24) is 10.3 Å². The topological polar surface area (TPSA) is 161 Å². The first-order chi connectivity index (χ1) is 22.5. The molecule has 266 valence electrons. The van der Waals surface area contributed by atoms with Crippen LogP contribution in [-0.2, 0) is 40.0 Å². The number of hydrogen-bond donors (Lipinski definition) is 2. The molecule has 1 aromatic rings. The number of ether oxygens (including phenoxy) is 3. The summed E-state index contributed by atoms with van der Waals surface area (Å²) in [6, 6.07) is 3.63. The lowest BCUT2D eigenvalue weighted by atomic mass is 9.72. The van der Waals surface area contributed by atoms with Crippen molar-refractivity contribution < 1.29 is 38.5 Å². The van der Waals surface area contributed by atoms with Gasteiger partial charge in [0.15, 0.2) is 0 Å². The molecule has 0 aliphatic carbocycles. The molecule has 13 nitrogen and oxygen atoms in total. The lowest BCUT2D eigenvalue weighted by Crippen LogP contribution is -2.54. The van der Waals surface area contributed by atoms with Crippen LogP contribution in [-0.4, -0.2) is 83.9 Å². The molecule has 3 rings (SSSR count). The van der Waals surface area contributed by atoms with Gasteiger partial charge in [-0.1, -0.05) is 38.9 Å². The Hall–Kier alpha value is -3.68. The number of cyclic esters (lactones) is 1. The van der Waals surface area contributed by atoms with E-state index in [1.165, 1.54) is 20.8 Å². The smallest absolute Gasteiger partial charge is 0.316 e. The van der Waals surface area contributed by atoms with Crippen LogP contribution in [0.2, 0.25) is 0 Å². The fraction of sp³-hybridized carbons (Fsp3) is 0.657. The number of ketones is 1. The van der Waals surface area contributed by atoms with Crippen molar-refractivity contribution in [2.24, 2.45) is 33.9 Å². The van der Waals surface area contributed by atoms with Gasteiger partial charge in [-0.25, -0.2) is 4.98 Å². The number of anilines is 1. The van der Waals surface area contributed by atoms with Gasteiger partial charge in [0.25, 0.3) is 0 Å². The van der Waals surface area contributed by atoms with E-state index in [0.717, 1.165) is 5.56 Å². The third-order valence-corrected chi connectivity index (χ3v) is 9.85. The maximum absolute atomic E-state index is 13.7. The van der Waals surface area contributed by atoms with E-state index in [2.05, 4.69) is 27.3 Å². The predicted molar refractivity (Wildman–Crippen MR) is 182 cm³/mol. The quantitative estimate of drug-likeness (QED) is 0.186. The highest BCUT2D eigenvalue weighted by molar-refractivity contribution is 5.99. The van der Waals surface area contributed by atoms with Gasteiger partial charge < -0.3 is 29.5 Å². The maximum Gasteiger partial charge on any atom is 0.316 e. The van der Waals surface area contributed by atoms with Crippen LogP contribution in [0.4, 0.5) is 5.82 Å². The summed E-state index contributed by atoms with van der Waals surface area (Å²) in [6.45, 7) is 19.1. The van der Waals surface area contributed by atoms with Crippen molar-refractivity contribution in [3.63, 3.8) is 0 Å². The van der Waals surface area contributed by atoms with E-state index in [0.29, 0.717) is 29.2 Å². The second-order valence-corrected chi connectivity index (χ2v) is 13.6. The number of aromatic nitrogens is 1. The maximum atomic E-state index is 13.7. The highest BCUT2D eigenvalue weighted by Crippen LogP contribution is 2.40. The molecule has 0 aromatic carbocycles. The van der Waals surface area contributed by atoms with Gasteiger partial charge in [0.2, 0.25) is 5.91 Å². The van der Waals surface area contributed by atoms with Gasteiger partial charge in [-0.05, 0) is 64.0 Å². The predicted octanol–water partition coefficient (Wildman–Crippen LogP) is 4.18. The Bertz CT molecular complexity index is 1390. The highest BCUT2D eigenvalue weighted by Gasteiger charge is 2.48. The van der Waals surface area contributed by atoms with Gasteiger partial charge in [0.1, 0.15) is 47.6 Å². The van der Waals surface area contributed by atoms with Crippen LogP contribution in [0.5, 0.6) is 0 Å². The van der Waals surface area contributed by atoms with E-state index < -0.39 is 41.2 Å². The highest BCUT2D eigenvalue weighted by atomic mass is 16.6. The SMILES string of the molecule is C=NN(C)c1ccc(CON=C2CO[C@@H]3C(C)=C(NC(C)=O)[C@H](C)C[C@@](C)(OC2)[C@H](C)[C@@H](C)C(=O)[C@@H](C)C(=O)O[C@H](CC)[C@@]3(C)O)cn1. The summed E-state index contributed by atoms with van der Waals surface area (Å²) in [6.07, 6.45) is 0.176. The first-order valence-electron chi connectivity index (χ1n) is 16.5. The first kappa shape index (κ1) is 38.8. The molecule has 0 spiro atoms. The molecule has 0 saturated carbocycles. The van der Waals surface area contributed by atoms with Crippen LogP contribution in [0.1, 0.15) is 80.7 Å². The molecule has 13 heteroatoms. The molecule has 1 aromatic heterocycles. The minimum Gasteiger partial charge on any atom is -0.459 e. The average Bonchev–Trinajstić information content (AvgIpc) is 3.06. The van der Waals surface area contributed by atoms with Crippen molar-refractivity contribution in [2.45, 2.75) is 105 Å². The minimum atomic E-state index is -1.78. The lowest BCUT2D eigenvalue weighted by molar-refractivity contribution is -0.184. The van der Waals surface area contributed by atoms with Crippen LogP contribution in [0.25, 0.3) is 0 Å². The molecule has 2 aliphatic heterocycles. The summed E-state index contributed by atoms with van der Waals surface area (Å²) in [7, 11) is 1.74. The standard InChI is InChI=1S/C35H53N5O8/c1-12-28-35(9,44)32-22(4)30(38-25(7)41)20(2)15-34(8,24(6)21(3)31(42)23(5)33(43)48-28)46-19-27(18-45-32)39-47-17-26-13-14-29(37-16-26)40(11)36-10/h13-14,16,20-21,23-24,28,32,44H,10,12,15,17-19H2,1-9,11H3,(H,38,41)/t20-,21-,23-,24-,28-,32-,34-,35-/m1/s1.